The molecule has 0 atom stereocenters. The molecule has 0 N–H and O–H groups in total. The second kappa shape index (κ2) is 4.78. The summed E-state index contributed by atoms with van der Waals surface area (Å²) in [6, 6.07) is 11.5. The summed E-state index contributed by atoms with van der Waals surface area (Å²) in [5, 5.41) is 0.852. The Bertz CT molecular complexity index is 738. The van der Waals surface area contributed by atoms with Crippen molar-refractivity contribution in [2.24, 2.45) is 0 Å². The average Bonchev–Trinajstić information content (AvgIpc) is 2.90. The molecule has 2 aromatic heterocycles. The average molecular weight is 270 g/mol. The van der Waals surface area contributed by atoms with Gasteiger partial charge in [0.25, 0.3) is 0 Å². The lowest BCUT2D eigenvalue weighted by Crippen LogP contribution is -1.96. The maximum Gasteiger partial charge on any atom is 0.348 e. The molecule has 0 radical (unpaired) electrons. The molecule has 1 aromatic carbocycles. The first-order valence-corrected chi connectivity index (χ1v) is 6.50. The lowest BCUT2D eigenvalue weighted by atomic mass is 10.2. The number of fused-ring (bicyclic) bond motifs is 1. The van der Waals surface area contributed by atoms with E-state index in [2.05, 4.69) is 9.97 Å². The molecule has 2 heterocycles. The summed E-state index contributed by atoms with van der Waals surface area (Å²) in [7, 11) is 1.37. The first-order valence-electron chi connectivity index (χ1n) is 5.68. The summed E-state index contributed by atoms with van der Waals surface area (Å²) >= 11 is 1.31. The fraction of sp³-hybridized carbons (Fsp3) is 0.0714. The van der Waals surface area contributed by atoms with Gasteiger partial charge >= 0.3 is 5.97 Å². The number of aromatic nitrogens is 2. The Kier molecular flexibility index (Phi) is 2.97. The maximum atomic E-state index is 11.5. The Labute approximate surface area is 113 Å². The van der Waals surface area contributed by atoms with E-state index in [4.69, 9.17) is 4.74 Å². The van der Waals surface area contributed by atoms with Gasteiger partial charge in [-0.3, -0.25) is 0 Å². The molecule has 94 valence electrons. The Morgan fingerprint density at radius 3 is 2.79 bits per heavy atom. The Hall–Kier alpha value is -2.27. The van der Waals surface area contributed by atoms with Gasteiger partial charge in [-0.1, -0.05) is 30.3 Å². The molecule has 19 heavy (non-hydrogen) atoms. The lowest BCUT2D eigenvalue weighted by molar-refractivity contribution is 0.0606. The lowest BCUT2D eigenvalue weighted by Gasteiger charge is -1.98. The molecule has 0 aliphatic heterocycles. The van der Waals surface area contributed by atoms with E-state index in [1.165, 1.54) is 18.4 Å². The Morgan fingerprint density at radius 1 is 1.26 bits per heavy atom. The minimum atomic E-state index is -0.343. The van der Waals surface area contributed by atoms with Gasteiger partial charge in [0, 0.05) is 17.1 Å². The highest BCUT2D eigenvalue weighted by Gasteiger charge is 2.12. The predicted molar refractivity (Wildman–Crippen MR) is 74.2 cm³/mol. The summed E-state index contributed by atoms with van der Waals surface area (Å²) in [6.45, 7) is 0. The highest BCUT2D eigenvalue weighted by molar-refractivity contribution is 7.20. The largest absolute Gasteiger partial charge is 0.465 e. The van der Waals surface area contributed by atoms with Gasteiger partial charge in [-0.15, -0.1) is 11.3 Å². The molecule has 3 aromatic rings. The van der Waals surface area contributed by atoms with Crippen LogP contribution in [0.3, 0.4) is 0 Å². The van der Waals surface area contributed by atoms with Crippen molar-refractivity contribution in [3.8, 4) is 11.4 Å². The molecular weight excluding hydrogens is 260 g/mol. The minimum absolute atomic E-state index is 0.343. The van der Waals surface area contributed by atoms with Crippen LogP contribution in [-0.2, 0) is 4.74 Å². The number of nitrogens with zero attached hydrogens (tertiary/aromatic N) is 2. The van der Waals surface area contributed by atoms with Crippen LogP contribution in [-0.4, -0.2) is 23.0 Å². The van der Waals surface area contributed by atoms with E-state index in [9.17, 15) is 4.79 Å². The predicted octanol–water partition coefficient (Wildman–Crippen LogP) is 3.14. The normalized spacial score (nSPS) is 10.6. The van der Waals surface area contributed by atoms with Crippen LogP contribution in [0.4, 0.5) is 0 Å². The van der Waals surface area contributed by atoms with Gasteiger partial charge in [0.15, 0.2) is 5.82 Å². The number of benzene rings is 1. The van der Waals surface area contributed by atoms with E-state index in [0.29, 0.717) is 10.7 Å². The number of ether oxygens (including phenoxy) is 1. The van der Waals surface area contributed by atoms with Gasteiger partial charge in [0.2, 0.25) is 0 Å². The van der Waals surface area contributed by atoms with Crippen molar-refractivity contribution in [1.29, 1.82) is 0 Å². The van der Waals surface area contributed by atoms with Crippen LogP contribution in [0, 0.1) is 0 Å². The third-order valence-electron chi connectivity index (χ3n) is 2.69. The van der Waals surface area contributed by atoms with E-state index >= 15 is 0 Å². The molecular formula is C14H10N2O2S. The van der Waals surface area contributed by atoms with Crippen molar-refractivity contribution in [1.82, 2.24) is 9.97 Å². The van der Waals surface area contributed by atoms with Crippen LogP contribution in [0.5, 0.6) is 0 Å². The van der Waals surface area contributed by atoms with Crippen molar-refractivity contribution < 1.29 is 9.53 Å². The van der Waals surface area contributed by atoms with Crippen molar-refractivity contribution in [3.63, 3.8) is 0 Å². The molecule has 0 spiro atoms. The first-order chi connectivity index (χ1) is 9.28. The summed E-state index contributed by atoms with van der Waals surface area (Å²) < 4.78 is 4.70. The first kappa shape index (κ1) is 11.8. The molecule has 3 rings (SSSR count). The van der Waals surface area contributed by atoms with Gasteiger partial charge < -0.3 is 4.74 Å². The van der Waals surface area contributed by atoms with E-state index in [1.807, 2.05) is 30.3 Å². The van der Waals surface area contributed by atoms with Gasteiger partial charge in [-0.25, -0.2) is 14.8 Å². The van der Waals surface area contributed by atoms with Crippen molar-refractivity contribution in [2.75, 3.05) is 7.11 Å². The van der Waals surface area contributed by atoms with Crippen molar-refractivity contribution >= 4 is 27.5 Å². The van der Waals surface area contributed by atoms with Crippen LogP contribution in [0.15, 0.2) is 42.6 Å². The number of hydrogen-bond donors (Lipinski definition) is 0. The monoisotopic (exact) mass is 270 g/mol. The number of esters is 1. The van der Waals surface area contributed by atoms with Gasteiger partial charge in [-0.05, 0) is 6.07 Å². The summed E-state index contributed by atoms with van der Waals surface area (Å²) in [5.41, 5.74) is 0.956. The zero-order chi connectivity index (χ0) is 13.2. The minimum Gasteiger partial charge on any atom is -0.465 e. The molecule has 0 aliphatic rings. The van der Waals surface area contributed by atoms with Crippen LogP contribution in [0.1, 0.15) is 9.67 Å². The molecule has 0 amide bonds. The summed E-state index contributed by atoms with van der Waals surface area (Å²) in [6.07, 6.45) is 1.73. The maximum absolute atomic E-state index is 11.5. The number of carbonyl (C=O) groups is 1. The van der Waals surface area contributed by atoms with Crippen LogP contribution < -0.4 is 0 Å². The smallest absolute Gasteiger partial charge is 0.348 e. The van der Waals surface area contributed by atoms with Crippen molar-refractivity contribution in [3.05, 3.63) is 47.5 Å². The topological polar surface area (TPSA) is 52.1 Å². The zero-order valence-corrected chi connectivity index (χ0v) is 11.0. The van der Waals surface area contributed by atoms with Gasteiger partial charge in [0.1, 0.15) is 9.71 Å². The van der Waals surface area contributed by atoms with E-state index in [-0.39, 0.29) is 5.97 Å². The van der Waals surface area contributed by atoms with Crippen LogP contribution in [0.25, 0.3) is 21.6 Å². The number of methoxy groups -OCH3 is 1. The third-order valence-corrected chi connectivity index (χ3v) is 3.72. The highest BCUT2D eigenvalue weighted by Crippen LogP contribution is 2.26. The number of hydrogen-bond acceptors (Lipinski definition) is 5. The zero-order valence-electron chi connectivity index (χ0n) is 10.2. The molecule has 5 heteroatoms. The molecule has 4 nitrogen and oxygen atoms in total. The fourth-order valence-corrected chi connectivity index (χ4v) is 2.68. The number of thiophene rings is 1. The van der Waals surface area contributed by atoms with Crippen LogP contribution in [0.2, 0.25) is 0 Å². The van der Waals surface area contributed by atoms with E-state index < -0.39 is 0 Å². The third kappa shape index (κ3) is 2.20. The highest BCUT2D eigenvalue weighted by atomic mass is 32.1. The molecule has 0 unspecified atom stereocenters. The Morgan fingerprint density at radius 2 is 2.05 bits per heavy atom. The second-order valence-corrected chi connectivity index (χ2v) is 4.95. The molecule has 0 aliphatic carbocycles. The Balaban J connectivity index is 2.09. The molecule has 0 saturated carbocycles. The van der Waals surface area contributed by atoms with E-state index in [0.717, 1.165) is 15.8 Å². The molecule has 0 saturated heterocycles. The molecule has 0 bridgehead atoms. The fourth-order valence-electron chi connectivity index (χ4n) is 1.76. The van der Waals surface area contributed by atoms with Gasteiger partial charge in [0.05, 0.1) is 7.11 Å². The van der Waals surface area contributed by atoms with Crippen molar-refractivity contribution in [2.45, 2.75) is 0 Å². The SMILES string of the molecule is COC(=O)c1cc2cnc(-c3ccccc3)nc2s1. The quantitative estimate of drug-likeness (QED) is 0.671. The second-order valence-electron chi connectivity index (χ2n) is 3.92. The number of rotatable bonds is 2. The van der Waals surface area contributed by atoms with E-state index in [1.54, 1.807) is 12.3 Å². The summed E-state index contributed by atoms with van der Waals surface area (Å²) in [5.74, 6) is 0.315. The van der Waals surface area contributed by atoms with Crippen LogP contribution >= 0.6 is 11.3 Å². The molecule has 0 fully saturated rings. The standard InChI is InChI=1S/C14H10N2O2S/c1-18-14(17)11-7-10-8-15-12(16-13(10)19-11)9-5-3-2-4-6-9/h2-8H,1H3. The summed E-state index contributed by atoms with van der Waals surface area (Å²) in [4.78, 5) is 21.6. The van der Waals surface area contributed by atoms with Gasteiger partial charge in [-0.2, -0.15) is 0 Å². The number of carbonyl (C=O) groups excluding carboxylic acids is 1.